The third-order valence-corrected chi connectivity index (χ3v) is 6.60. The fraction of sp³-hybridized carbons (Fsp3) is 0.458. The van der Waals surface area contributed by atoms with Gasteiger partial charge in [0.25, 0.3) is 0 Å². The molecule has 0 spiro atoms. The van der Waals surface area contributed by atoms with Crippen molar-refractivity contribution in [3.63, 3.8) is 0 Å². The maximum absolute atomic E-state index is 13.0. The Morgan fingerprint density at radius 3 is 2.28 bits per heavy atom. The fourth-order valence-corrected chi connectivity index (χ4v) is 4.77. The lowest BCUT2D eigenvalue weighted by Crippen LogP contribution is -2.51. The van der Waals surface area contributed by atoms with Crippen LogP contribution in [-0.2, 0) is 17.5 Å². The highest BCUT2D eigenvalue weighted by molar-refractivity contribution is 6.30. The van der Waals surface area contributed by atoms with Gasteiger partial charge < -0.3 is 9.80 Å². The largest absolute Gasteiger partial charge is 0.416 e. The van der Waals surface area contributed by atoms with E-state index < -0.39 is 11.7 Å². The number of halogens is 4. The van der Waals surface area contributed by atoms with Gasteiger partial charge >= 0.3 is 6.18 Å². The summed E-state index contributed by atoms with van der Waals surface area (Å²) in [5.41, 5.74) is 1.09. The van der Waals surface area contributed by atoms with Crippen molar-refractivity contribution in [3.8, 4) is 0 Å². The summed E-state index contributed by atoms with van der Waals surface area (Å²) in [6, 6.07) is 13.3. The number of carbonyl (C=O) groups excluding carboxylic acids is 1. The number of hydrogen-bond acceptors (Lipinski definition) is 3. The lowest BCUT2D eigenvalue weighted by atomic mass is 9.94. The molecule has 0 aliphatic carbocycles. The molecule has 2 saturated heterocycles. The van der Waals surface area contributed by atoms with Crippen LogP contribution in [0.25, 0.3) is 0 Å². The van der Waals surface area contributed by atoms with E-state index in [1.165, 1.54) is 17.7 Å². The van der Waals surface area contributed by atoms with E-state index in [9.17, 15) is 18.0 Å². The van der Waals surface area contributed by atoms with Gasteiger partial charge in [0.1, 0.15) is 0 Å². The molecule has 0 bridgehead atoms. The average molecular weight is 466 g/mol. The Bertz CT molecular complexity index is 936. The molecule has 0 N–H and O–H groups in total. The monoisotopic (exact) mass is 465 g/mol. The highest BCUT2D eigenvalue weighted by Crippen LogP contribution is 2.32. The summed E-state index contributed by atoms with van der Waals surface area (Å²) < 4.78 is 39.0. The van der Waals surface area contributed by atoms with Crippen molar-refractivity contribution in [2.45, 2.75) is 25.6 Å². The molecule has 0 unspecified atom stereocenters. The lowest BCUT2D eigenvalue weighted by Gasteiger charge is -2.39. The maximum atomic E-state index is 13.0. The number of piperidine rings is 1. The first-order valence-corrected chi connectivity index (χ1v) is 11.4. The van der Waals surface area contributed by atoms with E-state index in [2.05, 4.69) is 11.0 Å². The minimum absolute atomic E-state index is 0.0192. The number of benzene rings is 2. The quantitative estimate of drug-likeness (QED) is 0.641. The number of anilines is 1. The van der Waals surface area contributed by atoms with Gasteiger partial charge in [-0.2, -0.15) is 13.2 Å². The van der Waals surface area contributed by atoms with Gasteiger partial charge in [-0.3, -0.25) is 9.69 Å². The van der Waals surface area contributed by atoms with E-state index in [0.717, 1.165) is 43.6 Å². The molecule has 0 atom stereocenters. The van der Waals surface area contributed by atoms with E-state index >= 15 is 0 Å². The second-order valence-electron chi connectivity index (χ2n) is 8.54. The van der Waals surface area contributed by atoms with Gasteiger partial charge in [0.2, 0.25) is 5.91 Å². The first-order chi connectivity index (χ1) is 15.3. The Morgan fingerprint density at radius 1 is 0.938 bits per heavy atom. The Hall–Kier alpha value is -2.25. The summed E-state index contributed by atoms with van der Waals surface area (Å²) in [5.74, 6) is 0.196. The fourth-order valence-electron chi connectivity index (χ4n) is 4.55. The molecular formula is C24H27ClF3N3O. The Labute approximate surface area is 191 Å². The Balaban J connectivity index is 1.26. The van der Waals surface area contributed by atoms with Crippen LogP contribution in [0.15, 0.2) is 48.5 Å². The highest BCUT2D eigenvalue weighted by Gasteiger charge is 2.32. The summed E-state index contributed by atoms with van der Waals surface area (Å²) >= 11 is 6.07. The number of amides is 1. The van der Waals surface area contributed by atoms with Crippen LogP contribution in [0.4, 0.5) is 18.9 Å². The molecule has 4 nitrogen and oxygen atoms in total. The molecule has 0 radical (unpaired) electrons. The first-order valence-electron chi connectivity index (χ1n) is 11.0. The van der Waals surface area contributed by atoms with Gasteiger partial charge in [-0.15, -0.1) is 0 Å². The topological polar surface area (TPSA) is 26.8 Å². The van der Waals surface area contributed by atoms with Gasteiger partial charge in [-0.1, -0.05) is 29.8 Å². The van der Waals surface area contributed by atoms with Gasteiger partial charge in [0, 0.05) is 49.4 Å². The van der Waals surface area contributed by atoms with Crippen molar-refractivity contribution in [2.75, 3.05) is 44.2 Å². The van der Waals surface area contributed by atoms with E-state index in [1.54, 1.807) is 6.07 Å². The number of rotatable bonds is 4. The van der Waals surface area contributed by atoms with Crippen molar-refractivity contribution in [1.82, 2.24) is 9.80 Å². The molecule has 1 amide bonds. The molecule has 2 aliphatic heterocycles. The standard InChI is InChI=1S/C24H27ClF3N3O/c25-21-5-1-3-18(15-21)17-29-9-7-19(8-10-29)23(32)31-13-11-30(12-14-31)22-6-2-4-20(16-22)24(26,27)28/h1-6,15-16,19H,7-14,17H2. The molecule has 8 heteroatoms. The summed E-state index contributed by atoms with van der Waals surface area (Å²) in [5, 5.41) is 0.733. The Kier molecular flexibility index (Phi) is 6.96. The molecule has 0 saturated carbocycles. The van der Waals surface area contributed by atoms with Gasteiger partial charge in [0.05, 0.1) is 5.56 Å². The summed E-state index contributed by atoms with van der Waals surface area (Å²) in [6.45, 7) is 4.73. The van der Waals surface area contributed by atoms with Gasteiger partial charge in [0.15, 0.2) is 0 Å². The Morgan fingerprint density at radius 2 is 1.62 bits per heavy atom. The summed E-state index contributed by atoms with van der Waals surface area (Å²) in [7, 11) is 0. The van der Waals surface area contributed by atoms with E-state index in [0.29, 0.717) is 31.9 Å². The SMILES string of the molecule is O=C(C1CCN(Cc2cccc(Cl)c2)CC1)N1CCN(c2cccc(C(F)(F)F)c2)CC1. The van der Waals surface area contributed by atoms with E-state index in [-0.39, 0.29) is 11.8 Å². The number of alkyl halides is 3. The second-order valence-corrected chi connectivity index (χ2v) is 8.98. The normalized spacial score (nSPS) is 18.8. The minimum Gasteiger partial charge on any atom is -0.368 e. The van der Waals surface area contributed by atoms with Crippen LogP contribution < -0.4 is 4.90 Å². The summed E-state index contributed by atoms with van der Waals surface area (Å²) in [4.78, 5) is 19.2. The van der Waals surface area contributed by atoms with Crippen LogP contribution in [0.5, 0.6) is 0 Å². The molecule has 2 aromatic carbocycles. The van der Waals surface area contributed by atoms with Crippen LogP contribution in [-0.4, -0.2) is 55.0 Å². The van der Waals surface area contributed by atoms with Crippen molar-refractivity contribution < 1.29 is 18.0 Å². The molecule has 172 valence electrons. The molecular weight excluding hydrogens is 439 g/mol. The van der Waals surface area contributed by atoms with Gasteiger partial charge in [-0.25, -0.2) is 0 Å². The number of hydrogen-bond donors (Lipinski definition) is 0. The van der Waals surface area contributed by atoms with Crippen molar-refractivity contribution in [2.24, 2.45) is 5.92 Å². The number of likely N-dealkylation sites (tertiary alicyclic amines) is 1. The molecule has 2 aliphatic rings. The average Bonchev–Trinajstić information content (AvgIpc) is 2.79. The van der Waals surface area contributed by atoms with Crippen molar-refractivity contribution in [1.29, 1.82) is 0 Å². The first kappa shape index (κ1) is 22.9. The number of carbonyl (C=O) groups is 1. The van der Waals surface area contributed by atoms with Crippen LogP contribution in [0.2, 0.25) is 5.02 Å². The zero-order valence-corrected chi connectivity index (χ0v) is 18.6. The molecule has 2 heterocycles. The smallest absolute Gasteiger partial charge is 0.368 e. The molecule has 32 heavy (non-hydrogen) atoms. The van der Waals surface area contributed by atoms with Crippen LogP contribution in [0, 0.1) is 5.92 Å². The van der Waals surface area contributed by atoms with Crippen molar-refractivity contribution in [3.05, 3.63) is 64.7 Å². The number of nitrogens with zero attached hydrogens (tertiary/aromatic N) is 3. The predicted molar refractivity (Wildman–Crippen MR) is 120 cm³/mol. The highest BCUT2D eigenvalue weighted by atomic mass is 35.5. The molecule has 2 fully saturated rings. The minimum atomic E-state index is -4.35. The number of piperazine rings is 1. The second kappa shape index (κ2) is 9.71. The zero-order valence-electron chi connectivity index (χ0n) is 17.8. The lowest BCUT2D eigenvalue weighted by molar-refractivity contribution is -0.138. The van der Waals surface area contributed by atoms with Crippen LogP contribution in [0.1, 0.15) is 24.0 Å². The van der Waals surface area contributed by atoms with E-state index in [1.807, 2.05) is 28.0 Å². The van der Waals surface area contributed by atoms with E-state index in [4.69, 9.17) is 11.6 Å². The summed E-state index contributed by atoms with van der Waals surface area (Å²) in [6.07, 6.45) is -2.70. The maximum Gasteiger partial charge on any atom is 0.416 e. The third kappa shape index (κ3) is 5.56. The predicted octanol–water partition coefficient (Wildman–Crippen LogP) is 4.92. The molecule has 4 rings (SSSR count). The van der Waals surface area contributed by atoms with Crippen LogP contribution >= 0.6 is 11.6 Å². The zero-order chi connectivity index (χ0) is 22.7. The van der Waals surface area contributed by atoms with Crippen molar-refractivity contribution >= 4 is 23.2 Å². The molecule has 0 aromatic heterocycles. The van der Waals surface area contributed by atoms with Gasteiger partial charge in [-0.05, 0) is 61.8 Å². The van der Waals surface area contributed by atoms with Crippen LogP contribution in [0.3, 0.4) is 0 Å². The molecule has 2 aromatic rings. The third-order valence-electron chi connectivity index (χ3n) is 6.36.